The molecule has 2 aromatic rings. The van der Waals surface area contributed by atoms with Crippen LogP contribution in [0.4, 0.5) is 5.69 Å². The fourth-order valence-electron chi connectivity index (χ4n) is 1.72. The lowest BCUT2D eigenvalue weighted by molar-refractivity contribution is 0.566. The minimum Gasteiger partial charge on any atom is -0.376 e. The van der Waals surface area contributed by atoms with Crippen LogP contribution >= 0.6 is 27.3 Å². The van der Waals surface area contributed by atoms with Crippen LogP contribution in [0.2, 0.25) is 0 Å². The molecule has 20 heavy (non-hydrogen) atoms. The maximum absolute atomic E-state index is 12.0. The highest BCUT2D eigenvalue weighted by Gasteiger charge is 2.09. The van der Waals surface area contributed by atoms with Crippen LogP contribution in [0.3, 0.4) is 0 Å². The van der Waals surface area contributed by atoms with Gasteiger partial charge in [0, 0.05) is 17.6 Å². The molecule has 0 aromatic carbocycles. The number of hydrogen-bond donors (Lipinski definition) is 1. The van der Waals surface area contributed by atoms with E-state index in [1.807, 2.05) is 13.1 Å². The van der Waals surface area contributed by atoms with E-state index in [0.29, 0.717) is 23.2 Å². The molecule has 0 unspecified atom stereocenters. The first-order valence-corrected chi connectivity index (χ1v) is 8.19. The lowest BCUT2D eigenvalue weighted by atomic mass is 10.4. The molecular formula is C13H17BrN4OS. The van der Waals surface area contributed by atoms with Crippen molar-refractivity contribution >= 4 is 33.0 Å². The van der Waals surface area contributed by atoms with E-state index in [1.165, 1.54) is 9.56 Å². The summed E-state index contributed by atoms with van der Waals surface area (Å²) in [6.45, 7) is 5.35. The summed E-state index contributed by atoms with van der Waals surface area (Å²) in [6, 6.07) is 0. The maximum atomic E-state index is 12.0. The van der Waals surface area contributed by atoms with Crippen LogP contribution < -0.4 is 10.9 Å². The van der Waals surface area contributed by atoms with E-state index in [1.54, 1.807) is 17.5 Å². The normalized spacial score (nSPS) is 10.8. The fraction of sp³-hybridized carbons (Fsp3) is 0.462. The highest BCUT2D eigenvalue weighted by Crippen LogP contribution is 2.19. The van der Waals surface area contributed by atoms with E-state index in [-0.39, 0.29) is 5.56 Å². The van der Waals surface area contributed by atoms with Crippen molar-refractivity contribution in [3.8, 4) is 0 Å². The van der Waals surface area contributed by atoms with Crippen molar-refractivity contribution in [2.24, 2.45) is 0 Å². The second kappa shape index (κ2) is 6.99. The summed E-state index contributed by atoms with van der Waals surface area (Å²) >= 11 is 5.02. The Morgan fingerprint density at radius 1 is 1.40 bits per heavy atom. The Labute approximate surface area is 130 Å². The smallest absolute Gasteiger partial charge is 0.283 e. The zero-order chi connectivity index (χ0) is 14.5. The Hall–Kier alpha value is -1.21. The molecule has 0 aliphatic rings. The van der Waals surface area contributed by atoms with Gasteiger partial charge in [-0.15, -0.1) is 11.3 Å². The van der Waals surface area contributed by atoms with Crippen molar-refractivity contribution in [2.45, 2.75) is 39.8 Å². The molecule has 0 amide bonds. The van der Waals surface area contributed by atoms with E-state index in [2.05, 4.69) is 38.3 Å². The molecule has 2 heterocycles. The minimum absolute atomic E-state index is 0.106. The van der Waals surface area contributed by atoms with E-state index in [0.717, 1.165) is 17.8 Å². The molecule has 0 aliphatic heterocycles. The molecule has 0 saturated carbocycles. The number of rotatable bonds is 6. The van der Waals surface area contributed by atoms with Gasteiger partial charge in [-0.3, -0.25) is 4.79 Å². The number of thiazole rings is 1. The molecule has 0 spiro atoms. The third-order valence-corrected chi connectivity index (χ3v) is 4.71. The number of aromatic nitrogens is 3. The lowest BCUT2D eigenvalue weighted by Crippen LogP contribution is -2.24. The van der Waals surface area contributed by atoms with Gasteiger partial charge in [-0.2, -0.15) is 5.10 Å². The van der Waals surface area contributed by atoms with Gasteiger partial charge in [-0.1, -0.05) is 13.8 Å². The predicted octanol–water partition coefficient (Wildman–Crippen LogP) is 3.05. The summed E-state index contributed by atoms with van der Waals surface area (Å²) in [6.07, 6.45) is 5.45. The molecule has 0 saturated heterocycles. The Balaban J connectivity index is 2.10. The van der Waals surface area contributed by atoms with Gasteiger partial charge in [0.05, 0.1) is 18.4 Å². The summed E-state index contributed by atoms with van der Waals surface area (Å²) in [7, 11) is 0. The van der Waals surface area contributed by atoms with Crippen molar-refractivity contribution in [1.82, 2.24) is 14.8 Å². The first-order valence-electron chi connectivity index (χ1n) is 6.58. The van der Waals surface area contributed by atoms with Gasteiger partial charge in [0.15, 0.2) is 0 Å². The SMILES string of the molecule is CCCn1ncc(NCc2ncc(CC)s2)c(Br)c1=O. The van der Waals surface area contributed by atoms with E-state index >= 15 is 0 Å². The Bertz CT molecular complexity index is 638. The second-order valence-corrected chi connectivity index (χ2v) is 6.32. The zero-order valence-electron chi connectivity index (χ0n) is 11.5. The van der Waals surface area contributed by atoms with Gasteiger partial charge in [0.2, 0.25) is 0 Å². The van der Waals surface area contributed by atoms with E-state index < -0.39 is 0 Å². The van der Waals surface area contributed by atoms with Crippen LogP contribution in [-0.4, -0.2) is 14.8 Å². The largest absolute Gasteiger partial charge is 0.376 e. The molecule has 0 radical (unpaired) electrons. The maximum Gasteiger partial charge on any atom is 0.283 e. The first kappa shape index (κ1) is 15.2. The van der Waals surface area contributed by atoms with Crippen LogP contribution in [0.5, 0.6) is 0 Å². The van der Waals surface area contributed by atoms with Crippen molar-refractivity contribution in [1.29, 1.82) is 0 Å². The van der Waals surface area contributed by atoms with E-state index in [4.69, 9.17) is 0 Å². The molecule has 2 rings (SSSR count). The monoisotopic (exact) mass is 356 g/mol. The highest BCUT2D eigenvalue weighted by molar-refractivity contribution is 9.10. The third kappa shape index (κ3) is 3.46. The highest BCUT2D eigenvalue weighted by atomic mass is 79.9. The number of halogens is 1. The molecule has 108 valence electrons. The van der Waals surface area contributed by atoms with Crippen LogP contribution in [0.1, 0.15) is 30.2 Å². The van der Waals surface area contributed by atoms with Crippen molar-refractivity contribution in [3.05, 3.63) is 37.1 Å². The molecule has 0 fully saturated rings. The standard InChI is InChI=1S/C13H17BrN4OS/c1-3-5-18-13(19)12(14)10(7-17-18)15-8-11-16-6-9(4-2)20-11/h6-7,15H,3-5,8H2,1-2H3. The van der Waals surface area contributed by atoms with Gasteiger partial charge in [-0.25, -0.2) is 9.67 Å². The molecule has 5 nitrogen and oxygen atoms in total. The summed E-state index contributed by atoms with van der Waals surface area (Å²) in [5.74, 6) is 0. The average Bonchev–Trinajstić information content (AvgIpc) is 2.91. The third-order valence-electron chi connectivity index (χ3n) is 2.80. The van der Waals surface area contributed by atoms with Gasteiger partial charge in [0.25, 0.3) is 5.56 Å². The Morgan fingerprint density at radius 3 is 2.85 bits per heavy atom. The Kier molecular flexibility index (Phi) is 5.31. The fourth-order valence-corrected chi connectivity index (χ4v) is 2.97. The van der Waals surface area contributed by atoms with Crippen molar-refractivity contribution in [3.63, 3.8) is 0 Å². The average molecular weight is 357 g/mol. The molecule has 1 N–H and O–H groups in total. The number of aryl methyl sites for hydroxylation is 2. The number of hydrogen-bond acceptors (Lipinski definition) is 5. The predicted molar refractivity (Wildman–Crippen MR) is 85.3 cm³/mol. The summed E-state index contributed by atoms with van der Waals surface area (Å²) in [5.41, 5.74) is 0.598. The number of nitrogens with zero attached hydrogens (tertiary/aromatic N) is 3. The number of anilines is 1. The Morgan fingerprint density at radius 2 is 2.20 bits per heavy atom. The molecule has 0 atom stereocenters. The van der Waals surface area contributed by atoms with Gasteiger partial charge < -0.3 is 5.32 Å². The van der Waals surface area contributed by atoms with Crippen LogP contribution in [-0.2, 0) is 19.5 Å². The molecule has 7 heteroatoms. The van der Waals surface area contributed by atoms with Crippen LogP contribution in [0.25, 0.3) is 0 Å². The molecule has 0 aliphatic carbocycles. The topological polar surface area (TPSA) is 59.8 Å². The quantitative estimate of drug-likeness (QED) is 0.863. The van der Waals surface area contributed by atoms with Gasteiger partial charge >= 0.3 is 0 Å². The van der Waals surface area contributed by atoms with Crippen molar-refractivity contribution in [2.75, 3.05) is 5.32 Å². The summed E-state index contributed by atoms with van der Waals surface area (Å²) in [4.78, 5) is 17.6. The summed E-state index contributed by atoms with van der Waals surface area (Å²) in [5, 5.41) is 8.37. The molecule has 0 bridgehead atoms. The number of nitrogens with one attached hydrogen (secondary N) is 1. The molecular weight excluding hydrogens is 340 g/mol. The molecule has 2 aromatic heterocycles. The van der Waals surface area contributed by atoms with Crippen molar-refractivity contribution < 1.29 is 0 Å². The van der Waals surface area contributed by atoms with E-state index in [9.17, 15) is 4.79 Å². The van der Waals surface area contributed by atoms with Crippen LogP contribution in [0.15, 0.2) is 21.7 Å². The lowest BCUT2D eigenvalue weighted by Gasteiger charge is -2.08. The van der Waals surface area contributed by atoms with Gasteiger partial charge in [-0.05, 0) is 28.8 Å². The van der Waals surface area contributed by atoms with Gasteiger partial charge in [0.1, 0.15) is 9.48 Å². The summed E-state index contributed by atoms with van der Waals surface area (Å²) < 4.78 is 1.99. The zero-order valence-corrected chi connectivity index (χ0v) is 13.9. The first-order chi connectivity index (χ1) is 9.65. The van der Waals surface area contributed by atoms with Crippen LogP contribution in [0, 0.1) is 0 Å². The second-order valence-electron chi connectivity index (χ2n) is 4.33. The minimum atomic E-state index is -0.106.